The van der Waals surface area contributed by atoms with Crippen LogP contribution in [0.4, 0.5) is 0 Å². The first-order valence-electron chi connectivity index (χ1n) is 7.05. The van der Waals surface area contributed by atoms with Gasteiger partial charge in [-0.15, -0.1) is 12.4 Å². The maximum Gasteiger partial charge on any atom is 0.0238 e. The lowest BCUT2D eigenvalue weighted by Crippen LogP contribution is -2.40. The number of halogens is 1. The van der Waals surface area contributed by atoms with Crippen LogP contribution < -0.4 is 5.32 Å². The third-order valence-electron chi connectivity index (χ3n) is 4.18. The molecular weight excluding hydrogens is 256 g/mol. The molecule has 1 aliphatic rings. The lowest BCUT2D eigenvalue weighted by atomic mass is 9.98. The second-order valence-electron chi connectivity index (χ2n) is 5.77. The van der Waals surface area contributed by atoms with Crippen LogP contribution in [0.1, 0.15) is 35.1 Å². The van der Waals surface area contributed by atoms with E-state index in [1.807, 2.05) is 0 Å². The van der Waals surface area contributed by atoms with Gasteiger partial charge >= 0.3 is 0 Å². The number of hydrogen-bond donors (Lipinski definition) is 1. The molecule has 1 heterocycles. The fraction of sp³-hybridized carbons (Fsp3) is 0.625. The van der Waals surface area contributed by atoms with Gasteiger partial charge in [0.15, 0.2) is 0 Å². The lowest BCUT2D eigenvalue weighted by molar-refractivity contribution is 0.191. The van der Waals surface area contributed by atoms with Crippen LogP contribution in [0.3, 0.4) is 0 Å². The highest BCUT2D eigenvalue weighted by Crippen LogP contribution is 2.20. The second-order valence-corrected chi connectivity index (χ2v) is 5.77. The van der Waals surface area contributed by atoms with E-state index in [-0.39, 0.29) is 12.4 Å². The highest BCUT2D eigenvalue weighted by Gasteiger charge is 2.18. The molecule has 0 unspecified atom stereocenters. The van der Waals surface area contributed by atoms with Gasteiger partial charge in [0.25, 0.3) is 0 Å². The van der Waals surface area contributed by atoms with Crippen LogP contribution in [0.25, 0.3) is 0 Å². The van der Waals surface area contributed by atoms with Gasteiger partial charge in [-0.2, -0.15) is 0 Å². The van der Waals surface area contributed by atoms with Gasteiger partial charge < -0.3 is 5.32 Å². The summed E-state index contributed by atoms with van der Waals surface area (Å²) in [6.07, 6.45) is 2.56. The molecule has 1 N–H and O–H groups in total. The van der Waals surface area contributed by atoms with Gasteiger partial charge in [0.05, 0.1) is 0 Å². The number of hydrogen-bond acceptors (Lipinski definition) is 2. The molecule has 1 saturated heterocycles. The van der Waals surface area contributed by atoms with Crippen molar-refractivity contribution in [2.45, 2.75) is 46.2 Å². The van der Waals surface area contributed by atoms with E-state index in [0.29, 0.717) is 0 Å². The van der Waals surface area contributed by atoms with E-state index in [9.17, 15) is 0 Å². The van der Waals surface area contributed by atoms with Gasteiger partial charge in [0.1, 0.15) is 0 Å². The van der Waals surface area contributed by atoms with Crippen LogP contribution in [0, 0.1) is 20.8 Å². The third-order valence-corrected chi connectivity index (χ3v) is 4.18. The summed E-state index contributed by atoms with van der Waals surface area (Å²) in [6.45, 7) is 10.1. The summed E-state index contributed by atoms with van der Waals surface area (Å²) in [5, 5.41) is 3.44. The number of nitrogens with one attached hydrogen (secondary N) is 1. The molecule has 2 nitrogen and oxygen atoms in total. The van der Waals surface area contributed by atoms with Crippen molar-refractivity contribution in [2.75, 3.05) is 20.1 Å². The highest BCUT2D eigenvalue weighted by atomic mass is 35.5. The zero-order valence-corrected chi connectivity index (χ0v) is 13.4. The van der Waals surface area contributed by atoms with Crippen LogP contribution in [0.2, 0.25) is 0 Å². The van der Waals surface area contributed by atoms with Crippen LogP contribution in [-0.4, -0.2) is 31.1 Å². The maximum atomic E-state index is 3.44. The van der Waals surface area contributed by atoms with E-state index in [2.05, 4.69) is 50.2 Å². The number of benzene rings is 1. The Hall–Kier alpha value is -0.570. The molecular formula is C16H27ClN2. The Morgan fingerprint density at radius 3 is 2.16 bits per heavy atom. The number of nitrogens with zero attached hydrogens (tertiary/aromatic N) is 1. The molecule has 1 fully saturated rings. The van der Waals surface area contributed by atoms with Crippen molar-refractivity contribution in [2.24, 2.45) is 0 Å². The van der Waals surface area contributed by atoms with Crippen LogP contribution in [0.15, 0.2) is 12.1 Å². The van der Waals surface area contributed by atoms with Gasteiger partial charge in [0, 0.05) is 12.6 Å². The van der Waals surface area contributed by atoms with Crippen molar-refractivity contribution in [1.82, 2.24) is 10.2 Å². The van der Waals surface area contributed by atoms with E-state index in [1.165, 1.54) is 48.2 Å². The molecule has 0 amide bonds. The minimum atomic E-state index is 0. The summed E-state index contributed by atoms with van der Waals surface area (Å²) in [5.41, 5.74) is 5.77. The predicted molar refractivity (Wildman–Crippen MR) is 85.3 cm³/mol. The van der Waals surface area contributed by atoms with Gasteiger partial charge in [-0.3, -0.25) is 4.90 Å². The monoisotopic (exact) mass is 282 g/mol. The molecule has 1 aliphatic heterocycles. The van der Waals surface area contributed by atoms with Gasteiger partial charge in [-0.1, -0.05) is 17.7 Å². The van der Waals surface area contributed by atoms with E-state index in [4.69, 9.17) is 0 Å². The highest BCUT2D eigenvalue weighted by molar-refractivity contribution is 5.85. The fourth-order valence-corrected chi connectivity index (χ4v) is 3.09. The molecule has 0 aromatic heterocycles. The molecule has 0 saturated carbocycles. The Morgan fingerprint density at radius 1 is 1.11 bits per heavy atom. The second kappa shape index (κ2) is 7.28. The van der Waals surface area contributed by atoms with Crippen molar-refractivity contribution in [3.05, 3.63) is 34.4 Å². The molecule has 3 heteroatoms. The molecule has 0 bridgehead atoms. The van der Waals surface area contributed by atoms with Crippen molar-refractivity contribution < 1.29 is 0 Å². The third kappa shape index (κ3) is 4.20. The van der Waals surface area contributed by atoms with E-state index < -0.39 is 0 Å². The minimum Gasteiger partial charge on any atom is -0.317 e. The quantitative estimate of drug-likeness (QED) is 0.916. The Morgan fingerprint density at radius 2 is 1.63 bits per heavy atom. The van der Waals surface area contributed by atoms with Crippen LogP contribution >= 0.6 is 12.4 Å². The summed E-state index contributed by atoms with van der Waals surface area (Å²) >= 11 is 0. The largest absolute Gasteiger partial charge is 0.317 e. The van der Waals surface area contributed by atoms with Gasteiger partial charge in [-0.25, -0.2) is 0 Å². The Bertz CT molecular complexity index is 388. The molecule has 108 valence electrons. The average Bonchev–Trinajstić information content (AvgIpc) is 2.34. The van der Waals surface area contributed by atoms with Crippen LogP contribution in [0.5, 0.6) is 0 Å². The summed E-state index contributed by atoms with van der Waals surface area (Å²) in [4.78, 5) is 2.53. The molecule has 0 atom stereocenters. The van der Waals surface area contributed by atoms with Crippen molar-refractivity contribution in [3.8, 4) is 0 Å². The molecule has 0 radical (unpaired) electrons. The predicted octanol–water partition coefficient (Wildman–Crippen LogP) is 3.22. The van der Waals surface area contributed by atoms with E-state index in [1.54, 1.807) is 0 Å². The maximum absolute atomic E-state index is 3.44. The fourth-order valence-electron chi connectivity index (χ4n) is 3.09. The van der Waals surface area contributed by atoms with Crippen LogP contribution in [-0.2, 0) is 6.54 Å². The molecule has 0 spiro atoms. The molecule has 1 aromatic rings. The normalized spacial score (nSPS) is 16.5. The summed E-state index contributed by atoms with van der Waals surface area (Å²) in [7, 11) is 2.27. The standard InChI is InChI=1S/C16H26N2.ClH/c1-12-9-13(2)16(14(3)10-12)11-18(4)15-5-7-17-8-6-15;/h9-10,15,17H,5-8,11H2,1-4H3;1H. The first-order chi connectivity index (χ1) is 8.58. The Balaban J connectivity index is 0.00000180. The van der Waals surface area contributed by atoms with E-state index in [0.717, 1.165) is 12.6 Å². The van der Waals surface area contributed by atoms with Gasteiger partial charge in [0.2, 0.25) is 0 Å². The topological polar surface area (TPSA) is 15.3 Å². The Kier molecular flexibility index (Phi) is 6.31. The number of aryl methyl sites for hydroxylation is 3. The number of rotatable bonds is 3. The zero-order valence-electron chi connectivity index (χ0n) is 12.6. The molecule has 2 rings (SSSR count). The van der Waals surface area contributed by atoms with Crippen molar-refractivity contribution in [1.29, 1.82) is 0 Å². The first-order valence-corrected chi connectivity index (χ1v) is 7.05. The molecule has 0 aliphatic carbocycles. The SMILES string of the molecule is Cc1cc(C)c(CN(C)C2CCNCC2)c(C)c1.Cl. The number of piperidine rings is 1. The van der Waals surface area contributed by atoms with E-state index >= 15 is 0 Å². The summed E-state index contributed by atoms with van der Waals surface area (Å²) in [5.74, 6) is 0. The molecule has 19 heavy (non-hydrogen) atoms. The smallest absolute Gasteiger partial charge is 0.0238 e. The molecule has 1 aromatic carbocycles. The minimum absolute atomic E-state index is 0. The first kappa shape index (κ1) is 16.5. The summed E-state index contributed by atoms with van der Waals surface area (Å²) < 4.78 is 0. The Labute approximate surface area is 124 Å². The van der Waals surface area contributed by atoms with Gasteiger partial charge in [-0.05, 0) is 70.4 Å². The van der Waals surface area contributed by atoms with Crippen molar-refractivity contribution >= 4 is 12.4 Å². The van der Waals surface area contributed by atoms with Crippen molar-refractivity contribution in [3.63, 3.8) is 0 Å². The lowest BCUT2D eigenvalue weighted by Gasteiger charge is -2.32. The zero-order chi connectivity index (χ0) is 13.1. The summed E-state index contributed by atoms with van der Waals surface area (Å²) in [6, 6.07) is 5.35. The average molecular weight is 283 g/mol.